The molecule has 190 valence electrons. The highest BCUT2D eigenvalue weighted by Gasteiger charge is 2.68. The zero-order valence-corrected chi connectivity index (χ0v) is 21.0. The normalized spacial score (nSPS) is 25.0. The molecule has 0 radical (unpaired) electrons. The Morgan fingerprint density at radius 2 is 1.72 bits per heavy atom. The van der Waals surface area contributed by atoms with Gasteiger partial charge >= 0.3 is 5.97 Å². The Balaban J connectivity index is 1.88. The van der Waals surface area contributed by atoms with Crippen molar-refractivity contribution in [1.82, 2.24) is 5.32 Å². The van der Waals surface area contributed by atoms with E-state index in [0.29, 0.717) is 41.2 Å². The standard InChI is InChI=1S/C27H30N2O7/c1-6-12-27(26(33)36-5)22-21(23(28-27)17-10-11-19(34-3)20(14-17)35-4)24(31)29(25(22)32)18-9-7-8-16(13-18)15(2)30/h7-11,13-14,21-23,28H,6,12H2,1-5H3/t21-,22+,23+,27-/m0/s1. The van der Waals surface area contributed by atoms with E-state index in [0.717, 1.165) is 4.90 Å². The topological polar surface area (TPSA) is 111 Å². The van der Waals surface area contributed by atoms with Crippen molar-refractivity contribution in [3.8, 4) is 11.5 Å². The van der Waals surface area contributed by atoms with E-state index in [4.69, 9.17) is 14.2 Å². The highest BCUT2D eigenvalue weighted by molar-refractivity contribution is 6.24. The summed E-state index contributed by atoms with van der Waals surface area (Å²) in [6, 6.07) is 11.0. The molecular weight excluding hydrogens is 464 g/mol. The van der Waals surface area contributed by atoms with Gasteiger partial charge < -0.3 is 14.2 Å². The van der Waals surface area contributed by atoms with Crippen molar-refractivity contribution >= 4 is 29.3 Å². The molecule has 0 aliphatic carbocycles. The molecule has 4 rings (SSSR count). The lowest BCUT2D eigenvalue weighted by molar-refractivity contribution is -0.152. The van der Waals surface area contributed by atoms with Crippen molar-refractivity contribution in [3.63, 3.8) is 0 Å². The minimum Gasteiger partial charge on any atom is -0.493 e. The first kappa shape index (κ1) is 25.4. The minimum atomic E-state index is -1.40. The van der Waals surface area contributed by atoms with Crippen LogP contribution in [0.4, 0.5) is 5.69 Å². The number of amides is 2. The summed E-state index contributed by atoms with van der Waals surface area (Å²) in [5.74, 6) is -2.61. The molecule has 0 saturated carbocycles. The number of rotatable bonds is 8. The number of nitrogens with one attached hydrogen (secondary N) is 1. The number of fused-ring (bicyclic) bond motifs is 1. The summed E-state index contributed by atoms with van der Waals surface area (Å²) in [6.07, 6.45) is 0.871. The Morgan fingerprint density at radius 3 is 2.33 bits per heavy atom. The summed E-state index contributed by atoms with van der Waals surface area (Å²) in [5, 5.41) is 3.33. The van der Waals surface area contributed by atoms with E-state index in [1.54, 1.807) is 36.4 Å². The molecule has 2 aliphatic rings. The summed E-state index contributed by atoms with van der Waals surface area (Å²) in [7, 11) is 4.31. The molecule has 2 heterocycles. The lowest BCUT2D eigenvalue weighted by Crippen LogP contribution is -2.56. The summed E-state index contributed by atoms with van der Waals surface area (Å²) >= 11 is 0. The maximum Gasteiger partial charge on any atom is 0.326 e. The number of carbonyl (C=O) groups excluding carboxylic acids is 4. The number of imide groups is 1. The zero-order valence-electron chi connectivity index (χ0n) is 21.0. The van der Waals surface area contributed by atoms with Crippen LogP contribution in [0.25, 0.3) is 0 Å². The second kappa shape index (κ2) is 9.73. The van der Waals surface area contributed by atoms with Crippen LogP contribution in [0.1, 0.15) is 48.7 Å². The van der Waals surface area contributed by atoms with E-state index >= 15 is 0 Å². The summed E-state index contributed by atoms with van der Waals surface area (Å²) in [4.78, 5) is 54.1. The molecule has 0 spiro atoms. The van der Waals surface area contributed by atoms with Gasteiger partial charge in [0.05, 0.1) is 38.9 Å². The average Bonchev–Trinajstić information content (AvgIpc) is 3.37. The largest absolute Gasteiger partial charge is 0.493 e. The van der Waals surface area contributed by atoms with Crippen LogP contribution in [0, 0.1) is 11.8 Å². The summed E-state index contributed by atoms with van der Waals surface area (Å²) in [6.45, 7) is 3.32. The second-order valence-corrected chi connectivity index (χ2v) is 9.07. The number of methoxy groups -OCH3 is 3. The van der Waals surface area contributed by atoms with Gasteiger partial charge in [-0.3, -0.25) is 24.5 Å². The van der Waals surface area contributed by atoms with E-state index in [1.807, 2.05) is 6.92 Å². The molecule has 9 nitrogen and oxygen atoms in total. The second-order valence-electron chi connectivity index (χ2n) is 9.07. The molecule has 2 aromatic carbocycles. The van der Waals surface area contributed by atoms with E-state index < -0.39 is 41.2 Å². The van der Waals surface area contributed by atoms with E-state index in [-0.39, 0.29) is 5.78 Å². The van der Waals surface area contributed by atoms with Gasteiger partial charge in [-0.2, -0.15) is 0 Å². The number of anilines is 1. The van der Waals surface area contributed by atoms with Crippen LogP contribution >= 0.6 is 0 Å². The number of Topliss-reactive ketones (excluding diaryl/α,β-unsaturated/α-hetero) is 1. The number of carbonyl (C=O) groups is 4. The molecule has 0 bridgehead atoms. The quantitative estimate of drug-likeness (QED) is 0.339. The Hall–Kier alpha value is -3.72. The zero-order chi connectivity index (χ0) is 26.2. The monoisotopic (exact) mass is 494 g/mol. The molecular formula is C27H30N2O7. The highest BCUT2D eigenvalue weighted by Crippen LogP contribution is 2.52. The average molecular weight is 495 g/mol. The third-order valence-electron chi connectivity index (χ3n) is 7.13. The van der Waals surface area contributed by atoms with Crippen LogP contribution in [0.15, 0.2) is 42.5 Å². The van der Waals surface area contributed by atoms with Crippen molar-refractivity contribution in [2.45, 2.75) is 38.3 Å². The van der Waals surface area contributed by atoms with Gasteiger partial charge in [-0.25, -0.2) is 4.90 Å². The van der Waals surface area contributed by atoms with E-state index in [2.05, 4.69) is 5.32 Å². The maximum atomic E-state index is 13.9. The highest BCUT2D eigenvalue weighted by atomic mass is 16.5. The van der Waals surface area contributed by atoms with Crippen molar-refractivity contribution < 1.29 is 33.4 Å². The molecule has 2 amide bonds. The molecule has 0 aromatic heterocycles. The predicted molar refractivity (Wildman–Crippen MR) is 131 cm³/mol. The molecule has 0 unspecified atom stereocenters. The molecule has 9 heteroatoms. The molecule has 36 heavy (non-hydrogen) atoms. The molecule has 2 fully saturated rings. The number of hydrogen-bond acceptors (Lipinski definition) is 8. The van der Waals surface area contributed by atoms with Crippen LogP contribution in [-0.2, 0) is 19.1 Å². The number of hydrogen-bond donors (Lipinski definition) is 1. The minimum absolute atomic E-state index is 0.184. The van der Waals surface area contributed by atoms with Crippen LogP contribution in [-0.4, -0.2) is 50.4 Å². The number of benzene rings is 2. The maximum absolute atomic E-state index is 13.9. The lowest BCUT2D eigenvalue weighted by Gasteiger charge is -2.32. The van der Waals surface area contributed by atoms with Gasteiger partial charge in [0.2, 0.25) is 11.8 Å². The lowest BCUT2D eigenvalue weighted by atomic mass is 9.77. The Kier molecular flexibility index (Phi) is 6.86. The van der Waals surface area contributed by atoms with Crippen LogP contribution in [0.2, 0.25) is 0 Å². The molecule has 2 aliphatic heterocycles. The number of ether oxygens (including phenoxy) is 3. The summed E-state index contributed by atoms with van der Waals surface area (Å²) < 4.78 is 16.0. The first-order valence-corrected chi connectivity index (χ1v) is 11.8. The van der Waals surface area contributed by atoms with Crippen LogP contribution in [0.5, 0.6) is 11.5 Å². The molecule has 1 N–H and O–H groups in total. The fraction of sp³-hybridized carbons (Fsp3) is 0.407. The third-order valence-corrected chi connectivity index (χ3v) is 7.13. The van der Waals surface area contributed by atoms with Gasteiger partial charge in [0, 0.05) is 11.6 Å². The Morgan fingerprint density at radius 1 is 1.00 bits per heavy atom. The third kappa shape index (κ3) is 3.83. The van der Waals surface area contributed by atoms with Crippen molar-refractivity contribution in [2.75, 3.05) is 26.2 Å². The smallest absolute Gasteiger partial charge is 0.326 e. The van der Waals surface area contributed by atoms with Crippen LogP contribution in [0.3, 0.4) is 0 Å². The van der Waals surface area contributed by atoms with Crippen molar-refractivity contribution in [3.05, 3.63) is 53.6 Å². The van der Waals surface area contributed by atoms with Crippen LogP contribution < -0.4 is 19.7 Å². The van der Waals surface area contributed by atoms with Gasteiger partial charge in [0.15, 0.2) is 17.3 Å². The molecule has 4 atom stereocenters. The van der Waals surface area contributed by atoms with Crippen molar-refractivity contribution in [1.29, 1.82) is 0 Å². The number of esters is 1. The van der Waals surface area contributed by atoms with Crippen molar-refractivity contribution in [2.24, 2.45) is 11.8 Å². The number of nitrogens with zero attached hydrogens (tertiary/aromatic N) is 1. The molecule has 2 aromatic rings. The summed E-state index contributed by atoms with van der Waals surface area (Å²) in [5.41, 5.74) is -0.0444. The first-order valence-electron chi connectivity index (χ1n) is 11.8. The van der Waals surface area contributed by atoms with Gasteiger partial charge in [0.1, 0.15) is 5.54 Å². The van der Waals surface area contributed by atoms with E-state index in [9.17, 15) is 19.2 Å². The Bertz CT molecular complexity index is 1230. The Labute approximate surface area is 209 Å². The van der Waals surface area contributed by atoms with Gasteiger partial charge in [-0.1, -0.05) is 31.5 Å². The van der Waals surface area contributed by atoms with Gasteiger partial charge in [-0.05, 0) is 43.2 Å². The fourth-order valence-electron chi connectivity index (χ4n) is 5.55. The SMILES string of the molecule is CCC[C@]1(C(=O)OC)N[C@H](c2ccc(OC)c(OC)c2)[C@H]2C(=O)N(c3cccc(C(C)=O)c3)C(=O)[C@@H]21. The van der Waals surface area contributed by atoms with Gasteiger partial charge in [-0.15, -0.1) is 0 Å². The molecule has 2 saturated heterocycles. The predicted octanol–water partition coefficient (Wildman–Crippen LogP) is 3.07. The van der Waals surface area contributed by atoms with E-state index in [1.165, 1.54) is 34.3 Å². The fourth-order valence-corrected chi connectivity index (χ4v) is 5.55. The van der Waals surface area contributed by atoms with Gasteiger partial charge in [0.25, 0.3) is 0 Å². The number of ketones is 1. The first-order chi connectivity index (χ1) is 17.2.